The molecule has 2 unspecified atom stereocenters. The van der Waals surface area contributed by atoms with Crippen molar-refractivity contribution in [3.05, 3.63) is 0 Å². The van der Waals surface area contributed by atoms with Crippen LogP contribution in [0.3, 0.4) is 0 Å². The van der Waals surface area contributed by atoms with Gasteiger partial charge in [-0.25, -0.2) is 0 Å². The van der Waals surface area contributed by atoms with Gasteiger partial charge in [0.15, 0.2) is 0 Å². The molecule has 1 fully saturated rings. The molecule has 0 radical (unpaired) electrons. The van der Waals surface area contributed by atoms with E-state index in [1.165, 1.54) is 38.8 Å². The van der Waals surface area contributed by atoms with E-state index < -0.39 is 0 Å². The molecule has 0 spiro atoms. The Kier molecular flexibility index (Phi) is 5.94. The Hall–Kier alpha value is -0.0800. The van der Waals surface area contributed by atoms with Gasteiger partial charge in [0, 0.05) is 24.7 Å². The maximum Gasteiger partial charge on any atom is 0.0192 e. The van der Waals surface area contributed by atoms with Crippen LogP contribution in [0, 0.1) is 5.92 Å². The van der Waals surface area contributed by atoms with Gasteiger partial charge in [0.2, 0.25) is 0 Å². The van der Waals surface area contributed by atoms with E-state index in [4.69, 9.17) is 0 Å². The summed E-state index contributed by atoms with van der Waals surface area (Å²) in [6.45, 7) is 15.3. The van der Waals surface area contributed by atoms with E-state index in [-0.39, 0.29) is 5.54 Å². The second kappa shape index (κ2) is 6.75. The van der Waals surface area contributed by atoms with Gasteiger partial charge in [-0.15, -0.1) is 0 Å². The molecule has 0 bridgehead atoms. The van der Waals surface area contributed by atoms with E-state index in [1.54, 1.807) is 0 Å². The number of piperidine rings is 1. The largest absolute Gasteiger partial charge is 0.310 e. The first-order valence-electron chi connectivity index (χ1n) is 7.47. The van der Waals surface area contributed by atoms with E-state index in [2.05, 4.69) is 44.8 Å². The Morgan fingerprint density at radius 3 is 2.65 bits per heavy atom. The molecule has 0 aromatic carbocycles. The van der Waals surface area contributed by atoms with Gasteiger partial charge in [-0.05, 0) is 52.5 Å². The molecule has 1 saturated heterocycles. The summed E-state index contributed by atoms with van der Waals surface area (Å²) in [6, 6.07) is 0.676. The molecule has 1 N–H and O–H groups in total. The monoisotopic (exact) mass is 240 g/mol. The van der Waals surface area contributed by atoms with Gasteiger partial charge < -0.3 is 5.32 Å². The van der Waals surface area contributed by atoms with E-state index in [9.17, 15) is 0 Å². The van der Waals surface area contributed by atoms with Gasteiger partial charge >= 0.3 is 0 Å². The molecule has 1 aliphatic rings. The van der Waals surface area contributed by atoms with Crippen LogP contribution in [0.15, 0.2) is 0 Å². The third kappa shape index (κ3) is 4.97. The van der Waals surface area contributed by atoms with Crippen molar-refractivity contribution in [1.82, 2.24) is 10.2 Å². The predicted molar refractivity (Wildman–Crippen MR) is 76.4 cm³/mol. The van der Waals surface area contributed by atoms with Crippen LogP contribution in [0.1, 0.15) is 60.3 Å². The molecule has 17 heavy (non-hydrogen) atoms. The van der Waals surface area contributed by atoms with Crippen LogP contribution >= 0.6 is 0 Å². The number of hydrogen-bond donors (Lipinski definition) is 1. The summed E-state index contributed by atoms with van der Waals surface area (Å²) in [4.78, 5) is 2.68. The molecular weight excluding hydrogens is 208 g/mol. The fourth-order valence-corrected chi connectivity index (χ4v) is 2.51. The molecule has 0 saturated carbocycles. The molecular formula is C15H32N2. The van der Waals surface area contributed by atoms with Crippen molar-refractivity contribution in [1.29, 1.82) is 0 Å². The van der Waals surface area contributed by atoms with Gasteiger partial charge in [0.05, 0.1) is 0 Å². The molecule has 2 heteroatoms. The fraction of sp³-hybridized carbons (Fsp3) is 1.00. The lowest BCUT2D eigenvalue weighted by molar-refractivity contribution is 0.122. The lowest BCUT2D eigenvalue weighted by atomic mass is 9.94. The average Bonchev–Trinajstić information content (AvgIpc) is 2.36. The van der Waals surface area contributed by atoms with Crippen LogP contribution in [0.5, 0.6) is 0 Å². The van der Waals surface area contributed by atoms with Crippen molar-refractivity contribution in [3.63, 3.8) is 0 Å². The second-order valence-corrected chi connectivity index (χ2v) is 6.38. The number of nitrogens with zero attached hydrogens (tertiary/aromatic N) is 1. The quantitative estimate of drug-likeness (QED) is 0.766. The standard InChI is InChI=1S/C15H32N2/c1-6-14-9-8-10-17(12-14)13(3)11-16-15(4,5)7-2/h13-14,16H,6-12H2,1-5H3. The molecule has 1 aliphatic heterocycles. The lowest BCUT2D eigenvalue weighted by Gasteiger charge is -2.38. The molecule has 2 atom stereocenters. The minimum atomic E-state index is 0.286. The summed E-state index contributed by atoms with van der Waals surface area (Å²) in [5.74, 6) is 0.936. The molecule has 2 nitrogen and oxygen atoms in total. The number of rotatable bonds is 6. The van der Waals surface area contributed by atoms with Crippen molar-refractivity contribution in [3.8, 4) is 0 Å². The third-order valence-electron chi connectivity index (χ3n) is 4.51. The Morgan fingerprint density at radius 2 is 2.06 bits per heavy atom. The summed E-state index contributed by atoms with van der Waals surface area (Å²) < 4.78 is 0. The number of hydrogen-bond acceptors (Lipinski definition) is 2. The van der Waals surface area contributed by atoms with Crippen LogP contribution in [-0.2, 0) is 0 Å². The van der Waals surface area contributed by atoms with Crippen LogP contribution in [0.2, 0.25) is 0 Å². The van der Waals surface area contributed by atoms with Crippen LogP contribution in [0.25, 0.3) is 0 Å². The van der Waals surface area contributed by atoms with Crippen molar-refractivity contribution in [2.45, 2.75) is 71.9 Å². The van der Waals surface area contributed by atoms with E-state index >= 15 is 0 Å². The van der Waals surface area contributed by atoms with Gasteiger partial charge in [-0.3, -0.25) is 4.90 Å². The number of likely N-dealkylation sites (tertiary alicyclic amines) is 1. The first-order chi connectivity index (χ1) is 7.98. The van der Waals surface area contributed by atoms with Gasteiger partial charge in [0.25, 0.3) is 0 Å². The molecule has 1 heterocycles. The van der Waals surface area contributed by atoms with Crippen molar-refractivity contribution in [2.24, 2.45) is 5.92 Å². The highest BCUT2D eigenvalue weighted by Gasteiger charge is 2.23. The highest BCUT2D eigenvalue weighted by Crippen LogP contribution is 2.21. The van der Waals surface area contributed by atoms with Gasteiger partial charge in [0.1, 0.15) is 0 Å². The van der Waals surface area contributed by atoms with Crippen molar-refractivity contribution < 1.29 is 0 Å². The smallest absolute Gasteiger partial charge is 0.0192 e. The van der Waals surface area contributed by atoms with E-state index in [1.807, 2.05) is 0 Å². The lowest BCUT2D eigenvalue weighted by Crippen LogP contribution is -2.50. The number of nitrogens with one attached hydrogen (secondary N) is 1. The zero-order chi connectivity index (χ0) is 12.9. The molecule has 0 aromatic heterocycles. The van der Waals surface area contributed by atoms with E-state index in [0.717, 1.165) is 12.5 Å². The highest BCUT2D eigenvalue weighted by molar-refractivity contribution is 4.81. The second-order valence-electron chi connectivity index (χ2n) is 6.38. The van der Waals surface area contributed by atoms with Gasteiger partial charge in [-0.1, -0.05) is 20.3 Å². The first-order valence-corrected chi connectivity index (χ1v) is 7.47. The van der Waals surface area contributed by atoms with Gasteiger partial charge in [-0.2, -0.15) is 0 Å². The van der Waals surface area contributed by atoms with Crippen LogP contribution in [0.4, 0.5) is 0 Å². The zero-order valence-corrected chi connectivity index (χ0v) is 12.6. The van der Waals surface area contributed by atoms with E-state index in [0.29, 0.717) is 6.04 Å². The predicted octanol–water partition coefficient (Wildman–Crippen LogP) is 3.28. The summed E-state index contributed by atoms with van der Waals surface area (Å²) in [5.41, 5.74) is 0.286. The summed E-state index contributed by atoms with van der Waals surface area (Å²) in [7, 11) is 0. The Morgan fingerprint density at radius 1 is 1.35 bits per heavy atom. The summed E-state index contributed by atoms with van der Waals surface area (Å²) >= 11 is 0. The SMILES string of the molecule is CCC1CCCN(C(C)CNC(C)(C)CC)C1. The summed E-state index contributed by atoms with van der Waals surface area (Å²) in [6.07, 6.45) is 5.36. The molecule has 1 rings (SSSR count). The Bertz CT molecular complexity index is 213. The van der Waals surface area contributed by atoms with Crippen molar-refractivity contribution in [2.75, 3.05) is 19.6 Å². The fourth-order valence-electron chi connectivity index (χ4n) is 2.51. The molecule has 0 amide bonds. The Balaban J connectivity index is 2.34. The molecule has 102 valence electrons. The topological polar surface area (TPSA) is 15.3 Å². The maximum absolute atomic E-state index is 3.70. The van der Waals surface area contributed by atoms with Crippen LogP contribution < -0.4 is 5.32 Å². The zero-order valence-electron chi connectivity index (χ0n) is 12.6. The minimum absolute atomic E-state index is 0.286. The third-order valence-corrected chi connectivity index (χ3v) is 4.51. The normalized spacial score (nSPS) is 24.9. The molecule has 0 aromatic rings. The first kappa shape index (κ1) is 15.0. The minimum Gasteiger partial charge on any atom is -0.310 e. The molecule has 0 aliphatic carbocycles. The maximum atomic E-state index is 3.70. The summed E-state index contributed by atoms with van der Waals surface area (Å²) in [5, 5.41) is 3.70. The van der Waals surface area contributed by atoms with Crippen LogP contribution in [-0.4, -0.2) is 36.1 Å². The van der Waals surface area contributed by atoms with Crippen molar-refractivity contribution >= 4 is 0 Å². The average molecular weight is 240 g/mol. The highest BCUT2D eigenvalue weighted by atomic mass is 15.2. The Labute approximate surface area is 108 Å².